The molecule has 0 spiro atoms. The first-order valence-corrected chi connectivity index (χ1v) is 15.0. The fourth-order valence-corrected chi connectivity index (χ4v) is 7.11. The largest absolute Gasteiger partial charge is 0.321 e. The SMILES string of the molecule is CC[C@@H]1CN(Cc2ccccc2)CC[C@H]1NS(=O)(=O)c1ccc(NC(=O)c2ccccc2C)c2ccccc12. The molecule has 0 saturated carbocycles. The maximum Gasteiger partial charge on any atom is 0.255 e. The monoisotopic (exact) mass is 541 g/mol. The van der Waals surface area contributed by atoms with Gasteiger partial charge >= 0.3 is 0 Å². The van der Waals surface area contributed by atoms with Crippen LogP contribution < -0.4 is 10.0 Å². The van der Waals surface area contributed by atoms with E-state index in [-0.39, 0.29) is 22.8 Å². The predicted octanol–water partition coefficient (Wildman–Crippen LogP) is 5.98. The highest BCUT2D eigenvalue weighted by molar-refractivity contribution is 7.89. The summed E-state index contributed by atoms with van der Waals surface area (Å²) in [6.45, 7) is 6.58. The summed E-state index contributed by atoms with van der Waals surface area (Å²) in [6, 6.07) is 28.3. The first-order valence-electron chi connectivity index (χ1n) is 13.5. The van der Waals surface area contributed by atoms with Gasteiger partial charge in [0.2, 0.25) is 10.0 Å². The molecule has 5 rings (SSSR count). The second-order valence-corrected chi connectivity index (χ2v) is 12.0. The van der Waals surface area contributed by atoms with Gasteiger partial charge in [-0.05, 0) is 48.6 Å². The van der Waals surface area contributed by atoms with Crippen LogP contribution in [0.4, 0.5) is 5.69 Å². The smallest absolute Gasteiger partial charge is 0.255 e. The third-order valence-electron chi connectivity index (χ3n) is 7.71. The summed E-state index contributed by atoms with van der Waals surface area (Å²) in [5.41, 5.74) is 3.32. The molecule has 6 nitrogen and oxygen atoms in total. The van der Waals surface area contributed by atoms with Crippen LogP contribution in [0.3, 0.4) is 0 Å². The number of rotatable bonds is 8. The maximum atomic E-state index is 13.7. The molecule has 0 aliphatic carbocycles. The fraction of sp³-hybridized carbons (Fsp3) is 0.281. The zero-order chi connectivity index (χ0) is 27.4. The van der Waals surface area contributed by atoms with Crippen molar-refractivity contribution in [1.29, 1.82) is 0 Å². The van der Waals surface area contributed by atoms with Crippen LogP contribution in [0.2, 0.25) is 0 Å². The Bertz CT molecular complexity index is 1570. The van der Waals surface area contributed by atoms with Gasteiger partial charge in [-0.15, -0.1) is 0 Å². The number of aryl methyl sites for hydroxylation is 1. The lowest BCUT2D eigenvalue weighted by Gasteiger charge is -2.38. The number of carbonyl (C=O) groups excluding carboxylic acids is 1. The molecule has 202 valence electrons. The quantitative estimate of drug-likeness (QED) is 0.288. The second kappa shape index (κ2) is 11.7. The van der Waals surface area contributed by atoms with E-state index in [4.69, 9.17) is 0 Å². The van der Waals surface area contributed by atoms with E-state index in [1.165, 1.54) is 5.56 Å². The van der Waals surface area contributed by atoms with Gasteiger partial charge in [0.25, 0.3) is 5.91 Å². The Morgan fingerprint density at radius 1 is 0.897 bits per heavy atom. The molecule has 4 aromatic rings. The molecule has 0 unspecified atom stereocenters. The normalized spacial score (nSPS) is 18.2. The summed E-state index contributed by atoms with van der Waals surface area (Å²) < 4.78 is 30.5. The number of nitrogens with zero attached hydrogens (tertiary/aromatic N) is 1. The number of nitrogens with one attached hydrogen (secondary N) is 2. The first kappa shape index (κ1) is 27.1. The van der Waals surface area contributed by atoms with Crippen LogP contribution in [-0.2, 0) is 16.6 Å². The minimum atomic E-state index is -3.79. The maximum absolute atomic E-state index is 13.7. The van der Waals surface area contributed by atoms with Crippen molar-refractivity contribution >= 4 is 32.4 Å². The number of anilines is 1. The third kappa shape index (κ3) is 6.06. The molecule has 2 N–H and O–H groups in total. The van der Waals surface area contributed by atoms with Crippen LogP contribution in [0.1, 0.15) is 41.3 Å². The Morgan fingerprint density at radius 3 is 2.33 bits per heavy atom. The Hall–Kier alpha value is -3.52. The number of sulfonamides is 1. The molecule has 1 aliphatic rings. The van der Waals surface area contributed by atoms with E-state index >= 15 is 0 Å². The number of likely N-dealkylation sites (tertiary alicyclic amines) is 1. The summed E-state index contributed by atoms with van der Waals surface area (Å²) >= 11 is 0. The van der Waals surface area contributed by atoms with Crippen LogP contribution in [0, 0.1) is 12.8 Å². The van der Waals surface area contributed by atoms with Gasteiger partial charge < -0.3 is 5.32 Å². The number of carbonyl (C=O) groups is 1. The van der Waals surface area contributed by atoms with Crippen molar-refractivity contribution < 1.29 is 13.2 Å². The molecule has 39 heavy (non-hydrogen) atoms. The van der Waals surface area contributed by atoms with Gasteiger partial charge in [-0.3, -0.25) is 9.69 Å². The predicted molar refractivity (Wildman–Crippen MR) is 157 cm³/mol. The van der Waals surface area contributed by atoms with Crippen molar-refractivity contribution in [2.24, 2.45) is 5.92 Å². The van der Waals surface area contributed by atoms with Crippen molar-refractivity contribution in [1.82, 2.24) is 9.62 Å². The molecule has 0 aromatic heterocycles. The highest BCUT2D eigenvalue weighted by Gasteiger charge is 2.32. The van der Waals surface area contributed by atoms with Crippen LogP contribution in [0.25, 0.3) is 10.8 Å². The van der Waals surface area contributed by atoms with E-state index in [2.05, 4.69) is 46.1 Å². The van der Waals surface area contributed by atoms with Gasteiger partial charge in [-0.1, -0.05) is 86.1 Å². The van der Waals surface area contributed by atoms with E-state index in [0.29, 0.717) is 22.0 Å². The average molecular weight is 542 g/mol. The molecular formula is C32H35N3O3S. The Morgan fingerprint density at radius 2 is 1.59 bits per heavy atom. The number of fused-ring (bicyclic) bond motifs is 1. The summed E-state index contributed by atoms with van der Waals surface area (Å²) in [4.78, 5) is 15.6. The van der Waals surface area contributed by atoms with Gasteiger partial charge in [-0.25, -0.2) is 13.1 Å². The Balaban J connectivity index is 1.36. The van der Waals surface area contributed by atoms with Crippen molar-refractivity contribution in [3.8, 4) is 0 Å². The Kier molecular flexibility index (Phi) is 8.12. The van der Waals surface area contributed by atoms with E-state index in [1.54, 1.807) is 24.3 Å². The minimum absolute atomic E-state index is 0.133. The molecule has 1 aliphatic heterocycles. The molecule has 4 aromatic carbocycles. The lowest BCUT2D eigenvalue weighted by atomic mass is 9.90. The van der Waals surface area contributed by atoms with Crippen molar-refractivity contribution in [3.05, 3.63) is 108 Å². The average Bonchev–Trinajstić information content (AvgIpc) is 2.94. The summed E-state index contributed by atoms with van der Waals surface area (Å²) in [5.74, 6) is -0.00351. The van der Waals surface area contributed by atoms with Gasteiger partial charge in [0.1, 0.15) is 0 Å². The van der Waals surface area contributed by atoms with Crippen molar-refractivity contribution in [2.45, 2.75) is 44.2 Å². The molecule has 1 saturated heterocycles. The van der Waals surface area contributed by atoms with Crippen LogP contribution in [0.5, 0.6) is 0 Å². The first-order chi connectivity index (χ1) is 18.9. The molecule has 0 bridgehead atoms. The molecular weight excluding hydrogens is 506 g/mol. The van der Waals surface area contributed by atoms with Crippen molar-refractivity contribution in [2.75, 3.05) is 18.4 Å². The highest BCUT2D eigenvalue weighted by Crippen LogP contribution is 2.31. The molecule has 1 heterocycles. The molecule has 2 atom stereocenters. The number of benzene rings is 4. The van der Waals surface area contributed by atoms with E-state index in [1.807, 2.05) is 49.4 Å². The molecule has 0 radical (unpaired) electrons. The van der Waals surface area contributed by atoms with Crippen LogP contribution in [0.15, 0.2) is 95.9 Å². The zero-order valence-corrected chi connectivity index (χ0v) is 23.2. The molecule has 1 amide bonds. The van der Waals surface area contributed by atoms with E-state index in [0.717, 1.165) is 38.0 Å². The van der Waals surface area contributed by atoms with Gasteiger partial charge in [0, 0.05) is 47.7 Å². The van der Waals surface area contributed by atoms with Gasteiger partial charge in [0.15, 0.2) is 0 Å². The van der Waals surface area contributed by atoms with Crippen molar-refractivity contribution in [3.63, 3.8) is 0 Å². The van der Waals surface area contributed by atoms with E-state index in [9.17, 15) is 13.2 Å². The zero-order valence-electron chi connectivity index (χ0n) is 22.4. The fourth-order valence-electron chi connectivity index (χ4n) is 5.56. The lowest BCUT2D eigenvalue weighted by molar-refractivity contribution is 0.102. The van der Waals surface area contributed by atoms with Crippen LogP contribution in [-0.4, -0.2) is 38.4 Å². The lowest BCUT2D eigenvalue weighted by Crippen LogP contribution is -2.50. The molecule has 1 fully saturated rings. The second-order valence-electron chi connectivity index (χ2n) is 10.3. The number of hydrogen-bond donors (Lipinski definition) is 2. The topological polar surface area (TPSA) is 78.5 Å². The third-order valence-corrected chi connectivity index (χ3v) is 9.26. The highest BCUT2D eigenvalue weighted by atomic mass is 32.2. The minimum Gasteiger partial charge on any atom is -0.321 e. The van der Waals surface area contributed by atoms with Gasteiger partial charge in [0.05, 0.1) is 4.90 Å². The molecule has 7 heteroatoms. The van der Waals surface area contributed by atoms with Crippen LogP contribution >= 0.6 is 0 Å². The number of hydrogen-bond acceptors (Lipinski definition) is 4. The van der Waals surface area contributed by atoms with E-state index < -0.39 is 10.0 Å². The summed E-state index contributed by atoms with van der Waals surface area (Å²) in [6.07, 6.45) is 1.65. The van der Waals surface area contributed by atoms with Gasteiger partial charge in [-0.2, -0.15) is 0 Å². The standard InChI is InChI=1S/C32H35N3O3S/c1-3-25-22-35(21-24-12-5-4-6-13-24)20-19-29(25)34-39(37,38)31-18-17-30(27-15-9-10-16-28(27)31)33-32(36)26-14-8-7-11-23(26)2/h4-18,25,29,34H,3,19-22H2,1-2H3,(H,33,36)/t25-,29-/m1/s1. The summed E-state index contributed by atoms with van der Waals surface area (Å²) in [7, 11) is -3.79. The number of amides is 1. The summed E-state index contributed by atoms with van der Waals surface area (Å²) in [5, 5.41) is 4.26. The number of piperidine rings is 1. The Labute approximate surface area is 231 Å².